The first-order chi connectivity index (χ1) is 10.3. The molecule has 0 aliphatic heterocycles. The molecule has 3 saturated carbocycles. The molecule has 23 heavy (non-hydrogen) atoms. The van der Waals surface area contributed by atoms with Gasteiger partial charge in [0.2, 0.25) is 0 Å². The molecule has 0 aromatic heterocycles. The topological polar surface area (TPSA) is 75.7 Å². The van der Waals surface area contributed by atoms with Gasteiger partial charge in [0.1, 0.15) is 0 Å². The zero-order valence-electron chi connectivity index (χ0n) is 14.0. The molecule has 3 aliphatic rings. The number of rotatable bonds is 4. The third-order valence-corrected chi connectivity index (χ3v) is 6.20. The summed E-state index contributed by atoms with van der Waals surface area (Å²) in [6.45, 7) is 6.37. The number of fused-ring (bicyclic) bond motifs is 2. The van der Waals surface area contributed by atoms with Gasteiger partial charge in [0.15, 0.2) is 0 Å². The van der Waals surface area contributed by atoms with E-state index < -0.39 is 24.8 Å². The number of aliphatic hydroxyl groups excluding tert-OH is 1. The summed E-state index contributed by atoms with van der Waals surface area (Å²) in [6, 6.07) is 9.44. The maximum absolute atomic E-state index is 10.5. The maximum atomic E-state index is 10.5. The van der Waals surface area contributed by atoms with Crippen molar-refractivity contribution < 1.29 is 14.8 Å². The number of halogens is 1. The van der Waals surface area contributed by atoms with Crippen molar-refractivity contribution in [2.24, 2.45) is 23.0 Å². The molecular formula is C17H27BClNO3. The summed E-state index contributed by atoms with van der Waals surface area (Å²) in [4.78, 5) is 0. The minimum atomic E-state index is -1.13. The summed E-state index contributed by atoms with van der Waals surface area (Å²) < 4.78 is 5.97. The Kier molecular flexibility index (Phi) is 5.20. The van der Waals surface area contributed by atoms with Crippen molar-refractivity contribution in [2.75, 3.05) is 0 Å². The number of aliphatic hydroxyl groups is 1. The molecule has 1 aromatic carbocycles. The molecule has 0 saturated heterocycles. The molecule has 3 aliphatic carbocycles. The Bertz CT molecular complexity index is 544. The average molecular weight is 340 g/mol. The van der Waals surface area contributed by atoms with Crippen molar-refractivity contribution in [1.29, 1.82) is 0 Å². The van der Waals surface area contributed by atoms with Crippen LogP contribution in [-0.2, 0) is 4.65 Å². The fourth-order valence-electron chi connectivity index (χ4n) is 4.46. The van der Waals surface area contributed by atoms with Crippen LogP contribution in [0, 0.1) is 17.3 Å². The minimum absolute atomic E-state index is 0. The Morgan fingerprint density at radius 2 is 1.83 bits per heavy atom. The fraction of sp³-hybridized carbons (Fsp3) is 0.647. The summed E-state index contributed by atoms with van der Waals surface area (Å²) in [6.07, 6.45) is 1.23. The zero-order chi connectivity index (χ0) is 16.1. The lowest BCUT2D eigenvalue weighted by molar-refractivity contribution is -0.239. The lowest BCUT2D eigenvalue weighted by atomic mass is 9.43. The van der Waals surface area contributed by atoms with Gasteiger partial charge < -0.3 is 20.5 Å². The molecule has 0 unspecified atom stereocenters. The zero-order valence-corrected chi connectivity index (χ0v) is 14.8. The molecule has 0 radical (unpaired) electrons. The first kappa shape index (κ1) is 18.7. The Morgan fingerprint density at radius 3 is 2.39 bits per heavy atom. The van der Waals surface area contributed by atoms with E-state index in [0.29, 0.717) is 5.92 Å². The van der Waals surface area contributed by atoms with Gasteiger partial charge in [-0.25, -0.2) is 0 Å². The van der Waals surface area contributed by atoms with Crippen LogP contribution in [-0.4, -0.2) is 29.0 Å². The first-order valence-electron chi connectivity index (χ1n) is 8.11. The monoisotopic (exact) mass is 339 g/mol. The molecule has 0 spiro atoms. The van der Waals surface area contributed by atoms with Crippen LogP contribution in [0.25, 0.3) is 0 Å². The van der Waals surface area contributed by atoms with Crippen molar-refractivity contribution in [3.63, 3.8) is 0 Å². The van der Waals surface area contributed by atoms with Crippen LogP contribution >= 0.6 is 12.4 Å². The Labute approximate surface area is 145 Å². The van der Waals surface area contributed by atoms with Crippen LogP contribution in [0.3, 0.4) is 0 Å². The Hall–Kier alpha value is -0.585. The molecule has 4 N–H and O–H groups in total. The normalized spacial score (nSPS) is 35.7. The summed E-state index contributed by atoms with van der Waals surface area (Å²) in [5.74, 6) is 0.168. The molecule has 6 heteroatoms. The van der Waals surface area contributed by atoms with E-state index in [1.165, 1.54) is 0 Å². The van der Waals surface area contributed by atoms with Gasteiger partial charge in [0.05, 0.1) is 17.6 Å². The molecule has 5 atom stereocenters. The van der Waals surface area contributed by atoms with E-state index in [-0.39, 0.29) is 23.7 Å². The SMILES string of the molecule is CC1(C)[C@@H]2C[C@@H](O)[C@@](C)(OB(O)[C@@H](N)c3ccccc3)[C@H]1C2.Cl. The van der Waals surface area contributed by atoms with Crippen LogP contribution < -0.4 is 5.73 Å². The van der Waals surface area contributed by atoms with E-state index in [2.05, 4.69) is 13.8 Å². The smallest absolute Gasteiger partial charge is 0.426 e. The second-order valence-corrected chi connectivity index (χ2v) is 7.69. The van der Waals surface area contributed by atoms with Crippen LogP contribution in [0.1, 0.15) is 45.1 Å². The third-order valence-electron chi connectivity index (χ3n) is 6.20. The van der Waals surface area contributed by atoms with Gasteiger partial charge >= 0.3 is 7.12 Å². The van der Waals surface area contributed by atoms with E-state index in [4.69, 9.17) is 10.4 Å². The second-order valence-electron chi connectivity index (χ2n) is 7.69. The quantitative estimate of drug-likeness (QED) is 0.736. The van der Waals surface area contributed by atoms with Crippen LogP contribution in [0.5, 0.6) is 0 Å². The second kappa shape index (κ2) is 6.38. The van der Waals surface area contributed by atoms with Gasteiger partial charge in [-0.3, -0.25) is 0 Å². The highest BCUT2D eigenvalue weighted by Gasteiger charge is 2.64. The Morgan fingerprint density at radius 1 is 1.22 bits per heavy atom. The van der Waals surface area contributed by atoms with Crippen LogP contribution in [0.15, 0.2) is 30.3 Å². The van der Waals surface area contributed by atoms with Crippen molar-refractivity contribution in [3.05, 3.63) is 35.9 Å². The third kappa shape index (κ3) is 2.94. The highest BCUT2D eigenvalue weighted by molar-refractivity contribution is 6.44. The predicted octanol–water partition coefficient (Wildman–Crippen LogP) is 2.33. The fourth-order valence-corrected chi connectivity index (χ4v) is 4.46. The van der Waals surface area contributed by atoms with E-state index in [1.54, 1.807) is 0 Å². The summed E-state index contributed by atoms with van der Waals surface area (Å²) >= 11 is 0. The summed E-state index contributed by atoms with van der Waals surface area (Å²) in [5.41, 5.74) is 6.36. The van der Waals surface area contributed by atoms with Crippen LogP contribution in [0.4, 0.5) is 0 Å². The Balaban J connectivity index is 0.00000192. The number of hydrogen-bond donors (Lipinski definition) is 3. The molecule has 4 rings (SSSR count). The van der Waals surface area contributed by atoms with Gasteiger partial charge in [-0.2, -0.15) is 0 Å². The molecule has 128 valence electrons. The van der Waals surface area contributed by atoms with Crippen molar-refractivity contribution in [2.45, 2.75) is 51.3 Å². The predicted molar refractivity (Wildman–Crippen MR) is 94.1 cm³/mol. The number of hydrogen-bond acceptors (Lipinski definition) is 4. The van der Waals surface area contributed by atoms with E-state index >= 15 is 0 Å². The summed E-state index contributed by atoms with van der Waals surface area (Å²) in [5, 5.41) is 20.9. The van der Waals surface area contributed by atoms with E-state index in [1.807, 2.05) is 37.3 Å². The van der Waals surface area contributed by atoms with Crippen molar-refractivity contribution >= 4 is 19.5 Å². The highest BCUT2D eigenvalue weighted by Crippen LogP contribution is 2.63. The molecule has 1 aromatic rings. The van der Waals surface area contributed by atoms with Gasteiger partial charge in [-0.05, 0) is 42.6 Å². The number of benzene rings is 1. The van der Waals surface area contributed by atoms with Gasteiger partial charge in [-0.15, -0.1) is 12.4 Å². The van der Waals surface area contributed by atoms with Gasteiger partial charge in [0.25, 0.3) is 0 Å². The lowest BCUT2D eigenvalue weighted by Crippen LogP contribution is -2.68. The molecule has 3 fully saturated rings. The average Bonchev–Trinajstić information content (AvgIpc) is 2.49. The van der Waals surface area contributed by atoms with E-state index in [9.17, 15) is 10.1 Å². The van der Waals surface area contributed by atoms with Crippen molar-refractivity contribution in [3.8, 4) is 0 Å². The highest BCUT2D eigenvalue weighted by atomic mass is 35.5. The summed E-state index contributed by atoms with van der Waals surface area (Å²) in [7, 11) is -1.13. The van der Waals surface area contributed by atoms with E-state index in [0.717, 1.165) is 18.4 Å². The molecule has 4 nitrogen and oxygen atoms in total. The van der Waals surface area contributed by atoms with Crippen LogP contribution in [0.2, 0.25) is 0 Å². The van der Waals surface area contributed by atoms with Crippen molar-refractivity contribution in [1.82, 2.24) is 0 Å². The maximum Gasteiger partial charge on any atom is 0.477 e. The minimum Gasteiger partial charge on any atom is -0.426 e. The first-order valence-corrected chi connectivity index (χ1v) is 8.11. The largest absolute Gasteiger partial charge is 0.477 e. The molecular weight excluding hydrogens is 312 g/mol. The van der Waals surface area contributed by atoms with Gasteiger partial charge in [0, 0.05) is 0 Å². The molecule has 2 bridgehead atoms. The van der Waals surface area contributed by atoms with Gasteiger partial charge in [-0.1, -0.05) is 44.2 Å². The molecule has 0 amide bonds. The standard InChI is InChI=1S/C17H26BNO3.ClH/c1-16(2)12-9-13(16)17(3,14(20)10-12)22-18(21)15(19)11-7-5-4-6-8-11;/h4-8,12-15,20-21H,9-10,19H2,1-3H3;1H/t12-,13-,14+,15-,17-;/m0./s1. The molecule has 0 heterocycles. The lowest BCUT2D eigenvalue weighted by Gasteiger charge is -2.66. The number of nitrogens with two attached hydrogens (primary N) is 1.